The fraction of sp³-hybridized carbons (Fsp3) is 0.0833. The summed E-state index contributed by atoms with van der Waals surface area (Å²) in [6.07, 6.45) is 3.54. The van der Waals surface area contributed by atoms with Crippen molar-refractivity contribution in [3.05, 3.63) is 51.6 Å². The smallest absolute Gasteiger partial charge is 0.179 e. The number of nitrogens with zero attached hydrogens (tertiary/aromatic N) is 3. The summed E-state index contributed by atoms with van der Waals surface area (Å²) in [6, 6.07) is 7.80. The summed E-state index contributed by atoms with van der Waals surface area (Å²) in [7, 11) is 0. The Balaban J connectivity index is 2.12. The first-order valence-corrected chi connectivity index (χ1v) is 6.58. The molecule has 6 heteroatoms. The fourth-order valence-electron chi connectivity index (χ4n) is 1.82. The Kier molecular flexibility index (Phi) is 2.97. The highest BCUT2D eigenvalue weighted by Gasteiger charge is 2.07. The molecular formula is C12H9BrN4S. The molecule has 0 amide bonds. The minimum Gasteiger partial charge on any atom is -0.329 e. The second-order valence-electron chi connectivity index (χ2n) is 3.86. The zero-order valence-corrected chi connectivity index (χ0v) is 11.7. The number of imidazole rings is 1. The minimum atomic E-state index is 0.619. The quantitative estimate of drug-likeness (QED) is 0.737. The lowest BCUT2D eigenvalue weighted by molar-refractivity contribution is 0.777. The zero-order valence-electron chi connectivity index (χ0n) is 9.30. The molecule has 0 bridgehead atoms. The lowest BCUT2D eigenvalue weighted by Crippen LogP contribution is -2.02. The van der Waals surface area contributed by atoms with Crippen molar-refractivity contribution in [3.8, 4) is 0 Å². The second kappa shape index (κ2) is 4.62. The Bertz CT molecular complexity index is 748. The molecule has 0 unspecified atom stereocenters. The van der Waals surface area contributed by atoms with Crippen LogP contribution in [0, 0.1) is 4.77 Å². The van der Waals surface area contributed by atoms with Gasteiger partial charge in [0.2, 0.25) is 0 Å². The molecule has 0 radical (unpaired) electrons. The molecule has 0 aliphatic heterocycles. The number of hydrogen-bond donors (Lipinski definition) is 1. The lowest BCUT2D eigenvalue weighted by atomic mass is 10.3. The van der Waals surface area contributed by atoms with Crippen LogP contribution in [0.15, 0.2) is 41.1 Å². The third-order valence-electron chi connectivity index (χ3n) is 2.62. The average molecular weight is 321 g/mol. The molecule has 0 aliphatic rings. The van der Waals surface area contributed by atoms with E-state index in [0.29, 0.717) is 11.3 Å². The Hall–Kier alpha value is -1.53. The van der Waals surface area contributed by atoms with Gasteiger partial charge in [0.1, 0.15) is 0 Å². The van der Waals surface area contributed by atoms with E-state index in [1.165, 1.54) is 0 Å². The number of fused-ring (bicyclic) bond motifs is 1. The van der Waals surface area contributed by atoms with Gasteiger partial charge < -0.3 is 4.98 Å². The van der Waals surface area contributed by atoms with Crippen LogP contribution in [0.3, 0.4) is 0 Å². The number of hydrogen-bond acceptors (Lipinski definition) is 3. The van der Waals surface area contributed by atoms with Gasteiger partial charge in [0.15, 0.2) is 10.4 Å². The molecule has 3 aromatic rings. The molecule has 1 N–H and O–H groups in total. The number of nitrogens with one attached hydrogen (secondary N) is 1. The van der Waals surface area contributed by atoms with Crippen molar-refractivity contribution in [1.29, 1.82) is 0 Å². The van der Waals surface area contributed by atoms with Gasteiger partial charge >= 0.3 is 0 Å². The molecule has 4 nitrogen and oxygen atoms in total. The minimum absolute atomic E-state index is 0.619. The molecule has 3 rings (SSSR count). The van der Waals surface area contributed by atoms with E-state index in [-0.39, 0.29) is 0 Å². The SMILES string of the molecule is S=c1[nH]c2cc(Br)cnc2n1Cc1ccccn1. The summed E-state index contributed by atoms with van der Waals surface area (Å²) in [5, 5.41) is 0. The van der Waals surface area contributed by atoms with Crippen LogP contribution in [0.4, 0.5) is 0 Å². The average Bonchev–Trinajstić information content (AvgIpc) is 2.66. The van der Waals surface area contributed by atoms with Crippen molar-refractivity contribution < 1.29 is 0 Å². The third kappa shape index (κ3) is 2.09. The first-order chi connectivity index (χ1) is 8.74. The van der Waals surface area contributed by atoms with Gasteiger partial charge in [0.25, 0.3) is 0 Å². The monoisotopic (exact) mass is 320 g/mol. The van der Waals surface area contributed by atoms with Gasteiger partial charge in [-0.1, -0.05) is 6.07 Å². The van der Waals surface area contributed by atoms with Crippen molar-refractivity contribution in [1.82, 2.24) is 19.5 Å². The lowest BCUT2D eigenvalue weighted by Gasteiger charge is -2.02. The topological polar surface area (TPSA) is 46.5 Å². The molecule has 0 spiro atoms. The van der Waals surface area contributed by atoms with Crippen molar-refractivity contribution >= 4 is 39.3 Å². The maximum Gasteiger partial charge on any atom is 0.179 e. The Morgan fingerprint density at radius 3 is 3.00 bits per heavy atom. The van der Waals surface area contributed by atoms with E-state index in [1.54, 1.807) is 12.4 Å². The third-order valence-corrected chi connectivity index (χ3v) is 3.38. The maximum absolute atomic E-state index is 5.32. The molecule has 0 aliphatic carbocycles. The van der Waals surface area contributed by atoms with Gasteiger partial charge in [0, 0.05) is 16.9 Å². The molecule has 0 saturated heterocycles. The van der Waals surface area contributed by atoms with Crippen LogP contribution in [0.25, 0.3) is 11.2 Å². The second-order valence-corrected chi connectivity index (χ2v) is 5.16. The summed E-state index contributed by atoms with van der Waals surface area (Å²) in [5.41, 5.74) is 2.72. The number of halogens is 1. The summed E-state index contributed by atoms with van der Waals surface area (Å²) in [6.45, 7) is 0.619. The summed E-state index contributed by atoms with van der Waals surface area (Å²) in [4.78, 5) is 11.8. The van der Waals surface area contributed by atoms with Crippen LogP contribution in [0.1, 0.15) is 5.69 Å². The van der Waals surface area contributed by atoms with Crippen LogP contribution in [-0.2, 0) is 6.54 Å². The predicted octanol–water partition coefficient (Wildman–Crippen LogP) is 3.30. The number of aromatic amines is 1. The molecule has 0 fully saturated rings. The van der Waals surface area contributed by atoms with Gasteiger partial charge in [-0.2, -0.15) is 0 Å². The van der Waals surface area contributed by atoms with E-state index >= 15 is 0 Å². The Morgan fingerprint density at radius 1 is 1.33 bits per heavy atom. The van der Waals surface area contributed by atoms with E-state index in [4.69, 9.17) is 12.2 Å². The highest BCUT2D eigenvalue weighted by Crippen LogP contribution is 2.17. The highest BCUT2D eigenvalue weighted by molar-refractivity contribution is 9.10. The standard InChI is InChI=1S/C12H9BrN4S/c13-8-5-10-11(15-6-8)17(12(18)16-10)7-9-3-1-2-4-14-9/h1-6H,7H2,(H,16,18). The molecule has 0 saturated carbocycles. The van der Waals surface area contributed by atoms with Crippen LogP contribution < -0.4 is 0 Å². The Morgan fingerprint density at radius 2 is 2.22 bits per heavy atom. The number of H-pyrrole nitrogens is 1. The van der Waals surface area contributed by atoms with Gasteiger partial charge in [-0.3, -0.25) is 9.55 Å². The van der Waals surface area contributed by atoms with Gasteiger partial charge in [-0.15, -0.1) is 0 Å². The zero-order chi connectivity index (χ0) is 12.5. The number of pyridine rings is 2. The predicted molar refractivity (Wildman–Crippen MR) is 76.0 cm³/mol. The normalized spacial score (nSPS) is 10.9. The maximum atomic E-state index is 5.32. The number of rotatable bonds is 2. The fourth-order valence-corrected chi connectivity index (χ4v) is 2.41. The number of aromatic nitrogens is 4. The summed E-state index contributed by atoms with van der Waals surface area (Å²) >= 11 is 8.71. The van der Waals surface area contributed by atoms with E-state index in [1.807, 2.05) is 28.8 Å². The van der Waals surface area contributed by atoms with Crippen molar-refractivity contribution in [3.63, 3.8) is 0 Å². The van der Waals surface area contributed by atoms with Gasteiger partial charge in [-0.25, -0.2) is 4.98 Å². The van der Waals surface area contributed by atoms with Crippen molar-refractivity contribution in [2.24, 2.45) is 0 Å². The first-order valence-electron chi connectivity index (χ1n) is 5.38. The van der Waals surface area contributed by atoms with E-state index in [9.17, 15) is 0 Å². The van der Waals surface area contributed by atoms with Crippen LogP contribution in [0.5, 0.6) is 0 Å². The van der Waals surface area contributed by atoms with Crippen LogP contribution in [-0.4, -0.2) is 19.5 Å². The van der Waals surface area contributed by atoms with Crippen molar-refractivity contribution in [2.75, 3.05) is 0 Å². The van der Waals surface area contributed by atoms with Crippen LogP contribution >= 0.6 is 28.1 Å². The van der Waals surface area contributed by atoms with Gasteiger partial charge in [0.05, 0.1) is 17.8 Å². The molecule has 18 heavy (non-hydrogen) atoms. The molecular weight excluding hydrogens is 312 g/mol. The molecule has 90 valence electrons. The largest absolute Gasteiger partial charge is 0.329 e. The van der Waals surface area contributed by atoms with E-state index in [2.05, 4.69) is 30.9 Å². The molecule has 0 aromatic carbocycles. The van der Waals surface area contributed by atoms with E-state index in [0.717, 1.165) is 21.3 Å². The Labute approximate surface area is 117 Å². The molecule has 3 heterocycles. The van der Waals surface area contributed by atoms with Crippen LogP contribution in [0.2, 0.25) is 0 Å². The highest BCUT2D eigenvalue weighted by atomic mass is 79.9. The van der Waals surface area contributed by atoms with Gasteiger partial charge in [-0.05, 0) is 46.3 Å². The summed E-state index contributed by atoms with van der Waals surface area (Å²) < 4.78 is 3.52. The molecule has 3 aromatic heterocycles. The van der Waals surface area contributed by atoms with E-state index < -0.39 is 0 Å². The van der Waals surface area contributed by atoms with Crippen molar-refractivity contribution in [2.45, 2.75) is 6.54 Å². The molecule has 0 atom stereocenters. The first kappa shape index (κ1) is 11.6. The summed E-state index contributed by atoms with van der Waals surface area (Å²) in [5.74, 6) is 0.